The van der Waals surface area contributed by atoms with Gasteiger partial charge < -0.3 is 0 Å². The zero-order valence-electron chi connectivity index (χ0n) is 10.4. The standard InChI is InChI=1S/C16H10Cl2N2/c17-11-6-7-13(16-19-8-3-9-20-16)14(10-11)12-4-1-2-5-15(12)18/h1-10H. The van der Waals surface area contributed by atoms with Crippen LogP contribution in [-0.4, -0.2) is 9.97 Å². The Labute approximate surface area is 127 Å². The molecule has 0 aliphatic rings. The first-order valence-electron chi connectivity index (χ1n) is 6.07. The van der Waals surface area contributed by atoms with Crippen LogP contribution in [0.1, 0.15) is 0 Å². The van der Waals surface area contributed by atoms with Crippen LogP contribution in [0.3, 0.4) is 0 Å². The molecule has 4 heteroatoms. The van der Waals surface area contributed by atoms with Gasteiger partial charge >= 0.3 is 0 Å². The molecule has 0 atom stereocenters. The van der Waals surface area contributed by atoms with E-state index in [2.05, 4.69) is 9.97 Å². The molecule has 0 amide bonds. The van der Waals surface area contributed by atoms with Crippen molar-refractivity contribution in [3.63, 3.8) is 0 Å². The second-order valence-corrected chi connectivity index (χ2v) is 5.09. The van der Waals surface area contributed by atoms with Crippen LogP contribution in [0.2, 0.25) is 10.0 Å². The van der Waals surface area contributed by atoms with Gasteiger partial charge in [-0.2, -0.15) is 0 Å². The molecule has 3 aromatic rings. The average Bonchev–Trinajstić information content (AvgIpc) is 2.48. The molecule has 0 aliphatic carbocycles. The lowest BCUT2D eigenvalue weighted by Crippen LogP contribution is -1.91. The van der Waals surface area contributed by atoms with E-state index in [4.69, 9.17) is 23.2 Å². The largest absolute Gasteiger partial charge is 0.237 e. The molecule has 0 bridgehead atoms. The van der Waals surface area contributed by atoms with Crippen molar-refractivity contribution in [3.8, 4) is 22.5 Å². The summed E-state index contributed by atoms with van der Waals surface area (Å²) in [6, 6.07) is 15.1. The third kappa shape index (κ3) is 2.53. The van der Waals surface area contributed by atoms with Gasteiger partial charge in [-0.05, 0) is 35.9 Å². The molecular weight excluding hydrogens is 291 g/mol. The first-order chi connectivity index (χ1) is 9.75. The number of aromatic nitrogens is 2. The van der Waals surface area contributed by atoms with E-state index in [0.717, 1.165) is 16.7 Å². The Balaban J connectivity index is 2.25. The summed E-state index contributed by atoms with van der Waals surface area (Å²) in [5.74, 6) is 0.652. The highest BCUT2D eigenvalue weighted by molar-refractivity contribution is 6.34. The third-order valence-electron chi connectivity index (χ3n) is 2.95. The van der Waals surface area contributed by atoms with Gasteiger partial charge in [-0.3, -0.25) is 0 Å². The molecule has 0 saturated heterocycles. The highest BCUT2D eigenvalue weighted by atomic mass is 35.5. The minimum Gasteiger partial charge on any atom is -0.237 e. The molecular formula is C16H10Cl2N2. The van der Waals surface area contributed by atoms with Gasteiger partial charge in [-0.1, -0.05) is 41.4 Å². The van der Waals surface area contributed by atoms with Crippen molar-refractivity contribution in [2.75, 3.05) is 0 Å². The van der Waals surface area contributed by atoms with Gasteiger partial charge in [0.1, 0.15) is 0 Å². The third-order valence-corrected chi connectivity index (χ3v) is 3.52. The molecule has 2 aromatic carbocycles. The minimum absolute atomic E-state index is 0.652. The molecule has 0 aliphatic heterocycles. The molecule has 2 nitrogen and oxygen atoms in total. The zero-order chi connectivity index (χ0) is 13.9. The molecule has 1 aromatic heterocycles. The van der Waals surface area contributed by atoms with Gasteiger partial charge in [0.15, 0.2) is 5.82 Å². The summed E-state index contributed by atoms with van der Waals surface area (Å²) in [4.78, 5) is 8.59. The number of nitrogens with zero attached hydrogens (tertiary/aromatic N) is 2. The molecule has 98 valence electrons. The monoisotopic (exact) mass is 300 g/mol. The van der Waals surface area contributed by atoms with Crippen molar-refractivity contribution < 1.29 is 0 Å². The van der Waals surface area contributed by atoms with E-state index in [9.17, 15) is 0 Å². The summed E-state index contributed by atoms with van der Waals surface area (Å²) in [5, 5.41) is 1.33. The van der Waals surface area contributed by atoms with Crippen LogP contribution in [0.4, 0.5) is 0 Å². The predicted molar refractivity (Wildman–Crippen MR) is 82.9 cm³/mol. The van der Waals surface area contributed by atoms with Gasteiger partial charge in [0.2, 0.25) is 0 Å². The molecule has 0 radical (unpaired) electrons. The molecule has 0 fully saturated rings. The molecule has 20 heavy (non-hydrogen) atoms. The van der Waals surface area contributed by atoms with Crippen LogP contribution in [0.5, 0.6) is 0 Å². The molecule has 0 spiro atoms. The van der Waals surface area contributed by atoms with Crippen LogP contribution in [0, 0.1) is 0 Å². The molecule has 0 unspecified atom stereocenters. The summed E-state index contributed by atoms with van der Waals surface area (Å²) < 4.78 is 0. The number of halogens is 2. The lowest BCUT2D eigenvalue weighted by molar-refractivity contribution is 1.18. The fourth-order valence-corrected chi connectivity index (χ4v) is 2.46. The van der Waals surface area contributed by atoms with Gasteiger partial charge in [-0.15, -0.1) is 0 Å². The lowest BCUT2D eigenvalue weighted by Gasteiger charge is -2.10. The molecule has 0 N–H and O–H groups in total. The van der Waals surface area contributed by atoms with Gasteiger partial charge in [0.05, 0.1) is 0 Å². The van der Waals surface area contributed by atoms with E-state index in [1.165, 1.54) is 0 Å². The number of benzene rings is 2. The number of rotatable bonds is 2. The van der Waals surface area contributed by atoms with Crippen molar-refractivity contribution in [1.29, 1.82) is 0 Å². The van der Waals surface area contributed by atoms with E-state index in [1.54, 1.807) is 18.5 Å². The number of hydrogen-bond acceptors (Lipinski definition) is 2. The SMILES string of the molecule is Clc1ccc(-c2ncccn2)c(-c2ccccc2Cl)c1. The summed E-state index contributed by atoms with van der Waals surface area (Å²) in [6.07, 6.45) is 3.43. The summed E-state index contributed by atoms with van der Waals surface area (Å²) >= 11 is 12.4. The van der Waals surface area contributed by atoms with E-state index in [0.29, 0.717) is 15.9 Å². The van der Waals surface area contributed by atoms with Crippen LogP contribution < -0.4 is 0 Å². The van der Waals surface area contributed by atoms with Crippen molar-refractivity contribution in [1.82, 2.24) is 9.97 Å². The Hall–Kier alpha value is -1.90. The zero-order valence-corrected chi connectivity index (χ0v) is 11.9. The Morgan fingerprint density at radius 2 is 1.45 bits per heavy atom. The van der Waals surface area contributed by atoms with Gasteiger partial charge in [0.25, 0.3) is 0 Å². The topological polar surface area (TPSA) is 25.8 Å². The van der Waals surface area contributed by atoms with Crippen molar-refractivity contribution in [2.24, 2.45) is 0 Å². The minimum atomic E-state index is 0.652. The fourth-order valence-electron chi connectivity index (χ4n) is 2.05. The maximum atomic E-state index is 6.29. The number of hydrogen-bond donors (Lipinski definition) is 0. The van der Waals surface area contributed by atoms with Crippen LogP contribution >= 0.6 is 23.2 Å². The quantitative estimate of drug-likeness (QED) is 0.656. The lowest BCUT2D eigenvalue weighted by atomic mass is 9.99. The second kappa shape index (κ2) is 5.61. The van der Waals surface area contributed by atoms with E-state index in [1.807, 2.05) is 42.5 Å². The first kappa shape index (κ1) is 13.1. The van der Waals surface area contributed by atoms with Crippen molar-refractivity contribution in [2.45, 2.75) is 0 Å². The maximum Gasteiger partial charge on any atom is 0.159 e. The Morgan fingerprint density at radius 3 is 2.20 bits per heavy atom. The van der Waals surface area contributed by atoms with Crippen LogP contribution in [0.15, 0.2) is 60.9 Å². The van der Waals surface area contributed by atoms with E-state index >= 15 is 0 Å². The van der Waals surface area contributed by atoms with Crippen molar-refractivity contribution >= 4 is 23.2 Å². The summed E-state index contributed by atoms with van der Waals surface area (Å²) in [7, 11) is 0. The predicted octanol–water partition coefficient (Wildman–Crippen LogP) is 5.12. The van der Waals surface area contributed by atoms with Crippen molar-refractivity contribution in [3.05, 3.63) is 71.0 Å². The van der Waals surface area contributed by atoms with E-state index in [-0.39, 0.29) is 0 Å². The highest BCUT2D eigenvalue weighted by Crippen LogP contribution is 2.36. The second-order valence-electron chi connectivity index (χ2n) is 4.24. The van der Waals surface area contributed by atoms with Crippen LogP contribution in [-0.2, 0) is 0 Å². The smallest absolute Gasteiger partial charge is 0.159 e. The Kier molecular flexibility index (Phi) is 3.68. The van der Waals surface area contributed by atoms with E-state index < -0.39 is 0 Å². The average molecular weight is 301 g/mol. The Morgan fingerprint density at radius 1 is 0.700 bits per heavy atom. The van der Waals surface area contributed by atoms with Gasteiger partial charge in [-0.25, -0.2) is 9.97 Å². The fraction of sp³-hybridized carbons (Fsp3) is 0. The Bertz CT molecular complexity index is 742. The normalized spacial score (nSPS) is 10.5. The maximum absolute atomic E-state index is 6.29. The molecule has 3 rings (SSSR count). The van der Waals surface area contributed by atoms with Gasteiger partial charge in [0, 0.05) is 33.6 Å². The van der Waals surface area contributed by atoms with Crippen LogP contribution in [0.25, 0.3) is 22.5 Å². The molecule has 1 heterocycles. The first-order valence-corrected chi connectivity index (χ1v) is 6.83. The summed E-state index contributed by atoms with van der Waals surface area (Å²) in [5.41, 5.74) is 2.75. The summed E-state index contributed by atoms with van der Waals surface area (Å²) in [6.45, 7) is 0. The molecule has 0 saturated carbocycles. The highest BCUT2D eigenvalue weighted by Gasteiger charge is 2.12.